The molecule has 1 amide bonds. The van der Waals surface area contributed by atoms with Crippen LogP contribution in [0.3, 0.4) is 0 Å². The molecule has 0 unspecified atom stereocenters. The molecule has 126 valence electrons. The van der Waals surface area contributed by atoms with Crippen LogP contribution in [0.1, 0.15) is 58.8 Å². The van der Waals surface area contributed by atoms with Crippen LogP contribution in [-0.4, -0.2) is 60.1 Å². The molecule has 0 saturated carbocycles. The average molecular weight is 308 g/mol. The maximum absolute atomic E-state index is 12.5. The zero-order valence-corrected chi connectivity index (χ0v) is 14.4. The summed E-state index contributed by atoms with van der Waals surface area (Å²) in [6.07, 6.45) is 7.93. The highest BCUT2D eigenvalue weighted by molar-refractivity contribution is 5.79. The summed E-state index contributed by atoms with van der Waals surface area (Å²) in [6, 6.07) is 0. The van der Waals surface area contributed by atoms with Gasteiger partial charge in [-0.25, -0.2) is 0 Å². The normalized spacial score (nSPS) is 34.0. The minimum atomic E-state index is 0.134. The summed E-state index contributed by atoms with van der Waals surface area (Å²) in [7, 11) is 0. The van der Waals surface area contributed by atoms with Gasteiger partial charge in [0.25, 0.3) is 0 Å². The molecule has 3 saturated heterocycles. The highest BCUT2D eigenvalue weighted by Crippen LogP contribution is 2.39. The second-order valence-corrected chi connectivity index (χ2v) is 7.91. The Labute approximate surface area is 135 Å². The lowest BCUT2D eigenvalue weighted by Crippen LogP contribution is -2.49. The molecule has 4 heteroatoms. The van der Waals surface area contributed by atoms with Crippen LogP contribution in [0.2, 0.25) is 0 Å². The molecule has 0 aromatic carbocycles. The summed E-state index contributed by atoms with van der Waals surface area (Å²) >= 11 is 0. The Morgan fingerprint density at radius 1 is 1.23 bits per heavy atom. The first-order chi connectivity index (χ1) is 10.6. The Balaban J connectivity index is 1.65. The zero-order chi connectivity index (χ0) is 15.6. The minimum Gasteiger partial charge on any atom is -0.376 e. The van der Waals surface area contributed by atoms with Crippen LogP contribution < -0.4 is 0 Å². The molecule has 0 N–H and O–H groups in total. The fourth-order valence-corrected chi connectivity index (χ4v) is 4.62. The van der Waals surface area contributed by atoms with E-state index >= 15 is 0 Å². The summed E-state index contributed by atoms with van der Waals surface area (Å²) in [5.74, 6) is 1.09. The van der Waals surface area contributed by atoms with Crippen molar-refractivity contribution >= 4 is 5.91 Å². The summed E-state index contributed by atoms with van der Waals surface area (Å²) in [5, 5.41) is 0. The number of carbonyl (C=O) groups excluding carboxylic acids is 1. The molecular formula is C18H32N2O2. The Hall–Kier alpha value is -0.610. The smallest absolute Gasteiger partial charge is 0.223 e. The topological polar surface area (TPSA) is 32.8 Å². The standard InChI is InChI=1S/C18H32N2O2/c1-15(2)13-19-10-4-7-18(9-11-19)8-6-17(21)20(18)14-16-5-3-12-22-16/h15-16H,3-14H2,1-2H3/t16-,18+/m1/s1. The zero-order valence-electron chi connectivity index (χ0n) is 14.4. The van der Waals surface area contributed by atoms with E-state index in [0.29, 0.717) is 5.91 Å². The number of ether oxygens (including phenoxy) is 1. The van der Waals surface area contributed by atoms with Crippen molar-refractivity contribution < 1.29 is 9.53 Å². The minimum absolute atomic E-state index is 0.134. The molecule has 2 atom stereocenters. The Bertz CT molecular complexity index is 393. The van der Waals surface area contributed by atoms with Crippen molar-refractivity contribution in [2.24, 2.45) is 5.92 Å². The van der Waals surface area contributed by atoms with Crippen LogP contribution in [0.4, 0.5) is 0 Å². The van der Waals surface area contributed by atoms with Crippen molar-refractivity contribution in [3.63, 3.8) is 0 Å². The SMILES string of the molecule is CC(C)CN1CCC[C@]2(CCC(=O)N2C[C@H]2CCCO2)CC1. The summed E-state index contributed by atoms with van der Waals surface area (Å²) < 4.78 is 5.80. The van der Waals surface area contributed by atoms with Crippen molar-refractivity contribution in [2.75, 3.05) is 32.8 Å². The molecule has 4 nitrogen and oxygen atoms in total. The molecule has 3 heterocycles. The van der Waals surface area contributed by atoms with Gasteiger partial charge in [0.2, 0.25) is 5.91 Å². The predicted molar refractivity (Wildman–Crippen MR) is 87.8 cm³/mol. The van der Waals surface area contributed by atoms with Gasteiger partial charge in [-0.15, -0.1) is 0 Å². The van der Waals surface area contributed by atoms with Crippen LogP contribution >= 0.6 is 0 Å². The van der Waals surface area contributed by atoms with E-state index in [2.05, 4.69) is 23.6 Å². The lowest BCUT2D eigenvalue weighted by atomic mass is 9.87. The van der Waals surface area contributed by atoms with Gasteiger partial charge < -0.3 is 14.5 Å². The molecule has 0 aliphatic carbocycles. The van der Waals surface area contributed by atoms with Crippen LogP contribution in [0.15, 0.2) is 0 Å². The fourth-order valence-electron chi connectivity index (χ4n) is 4.62. The lowest BCUT2D eigenvalue weighted by Gasteiger charge is -2.39. The number of hydrogen-bond donors (Lipinski definition) is 0. The van der Waals surface area contributed by atoms with Crippen molar-refractivity contribution in [3.8, 4) is 0 Å². The van der Waals surface area contributed by atoms with Gasteiger partial charge in [-0.1, -0.05) is 13.8 Å². The van der Waals surface area contributed by atoms with E-state index in [1.165, 1.54) is 25.9 Å². The van der Waals surface area contributed by atoms with Gasteiger partial charge in [-0.2, -0.15) is 0 Å². The Morgan fingerprint density at radius 3 is 2.82 bits per heavy atom. The second kappa shape index (κ2) is 6.88. The molecule has 0 aromatic rings. The van der Waals surface area contributed by atoms with Gasteiger partial charge in [0.15, 0.2) is 0 Å². The first-order valence-electron chi connectivity index (χ1n) is 9.23. The third kappa shape index (κ3) is 3.48. The maximum atomic E-state index is 12.5. The molecule has 1 spiro atoms. The monoisotopic (exact) mass is 308 g/mol. The molecule has 3 aliphatic rings. The van der Waals surface area contributed by atoms with E-state index in [0.717, 1.165) is 57.7 Å². The first-order valence-corrected chi connectivity index (χ1v) is 9.23. The predicted octanol–water partition coefficient (Wildman–Crippen LogP) is 2.67. The summed E-state index contributed by atoms with van der Waals surface area (Å²) in [4.78, 5) is 17.3. The van der Waals surface area contributed by atoms with Crippen molar-refractivity contribution in [2.45, 2.75) is 70.4 Å². The Kier molecular flexibility index (Phi) is 5.08. The maximum Gasteiger partial charge on any atom is 0.223 e. The van der Waals surface area contributed by atoms with Crippen LogP contribution in [0.5, 0.6) is 0 Å². The molecule has 22 heavy (non-hydrogen) atoms. The van der Waals surface area contributed by atoms with E-state index in [1.807, 2.05) is 0 Å². The quantitative estimate of drug-likeness (QED) is 0.800. The van der Waals surface area contributed by atoms with Crippen LogP contribution in [-0.2, 0) is 9.53 Å². The first kappa shape index (κ1) is 16.3. The second-order valence-electron chi connectivity index (χ2n) is 7.91. The van der Waals surface area contributed by atoms with Gasteiger partial charge in [0.05, 0.1) is 6.10 Å². The average Bonchev–Trinajstić information content (AvgIpc) is 3.02. The van der Waals surface area contributed by atoms with Crippen LogP contribution in [0.25, 0.3) is 0 Å². The van der Waals surface area contributed by atoms with Crippen molar-refractivity contribution in [1.29, 1.82) is 0 Å². The van der Waals surface area contributed by atoms with Gasteiger partial charge in [0, 0.05) is 38.2 Å². The summed E-state index contributed by atoms with van der Waals surface area (Å²) in [6.45, 7) is 9.84. The largest absolute Gasteiger partial charge is 0.376 e. The molecule has 0 aromatic heterocycles. The Morgan fingerprint density at radius 2 is 2.09 bits per heavy atom. The number of nitrogens with zero attached hydrogens (tertiary/aromatic N) is 2. The summed E-state index contributed by atoms with van der Waals surface area (Å²) in [5.41, 5.74) is 0.134. The van der Waals surface area contributed by atoms with E-state index in [9.17, 15) is 4.79 Å². The highest BCUT2D eigenvalue weighted by Gasteiger charge is 2.46. The van der Waals surface area contributed by atoms with E-state index in [-0.39, 0.29) is 11.6 Å². The third-order valence-corrected chi connectivity index (χ3v) is 5.72. The molecule has 0 radical (unpaired) electrons. The number of carbonyl (C=O) groups is 1. The van der Waals surface area contributed by atoms with Gasteiger partial charge in [-0.3, -0.25) is 4.79 Å². The molecule has 3 rings (SSSR count). The van der Waals surface area contributed by atoms with E-state index < -0.39 is 0 Å². The molecular weight excluding hydrogens is 276 g/mol. The molecule has 0 bridgehead atoms. The number of rotatable bonds is 4. The van der Waals surface area contributed by atoms with E-state index in [4.69, 9.17) is 4.74 Å². The highest BCUT2D eigenvalue weighted by atomic mass is 16.5. The van der Waals surface area contributed by atoms with Gasteiger partial charge >= 0.3 is 0 Å². The molecule has 3 fully saturated rings. The number of likely N-dealkylation sites (tertiary alicyclic amines) is 2. The third-order valence-electron chi connectivity index (χ3n) is 5.72. The van der Waals surface area contributed by atoms with Gasteiger partial charge in [0.1, 0.15) is 0 Å². The number of amides is 1. The van der Waals surface area contributed by atoms with E-state index in [1.54, 1.807) is 0 Å². The lowest BCUT2D eigenvalue weighted by molar-refractivity contribution is -0.133. The number of hydrogen-bond acceptors (Lipinski definition) is 3. The van der Waals surface area contributed by atoms with Crippen molar-refractivity contribution in [1.82, 2.24) is 9.80 Å². The fraction of sp³-hybridized carbons (Fsp3) is 0.944. The molecule has 3 aliphatic heterocycles. The van der Waals surface area contributed by atoms with Gasteiger partial charge in [-0.05, 0) is 51.0 Å². The van der Waals surface area contributed by atoms with Crippen molar-refractivity contribution in [3.05, 3.63) is 0 Å². The van der Waals surface area contributed by atoms with Crippen LogP contribution in [0, 0.1) is 5.92 Å².